The monoisotopic (exact) mass is 482 g/mol. The summed E-state index contributed by atoms with van der Waals surface area (Å²) in [5, 5.41) is 12.1. The van der Waals surface area contributed by atoms with Crippen molar-refractivity contribution in [2.24, 2.45) is 0 Å². The summed E-state index contributed by atoms with van der Waals surface area (Å²) in [5.74, 6) is 1.43. The van der Waals surface area contributed by atoms with E-state index >= 15 is 0 Å². The predicted molar refractivity (Wildman–Crippen MR) is 135 cm³/mol. The molecule has 5 aromatic rings. The molecule has 0 saturated carbocycles. The summed E-state index contributed by atoms with van der Waals surface area (Å²) in [6, 6.07) is 20.5. The Morgan fingerprint density at radius 3 is 2.34 bits per heavy atom. The molecule has 0 aliphatic rings. The van der Waals surface area contributed by atoms with E-state index in [9.17, 15) is 4.79 Å². The molecule has 0 spiro atoms. The molecule has 174 valence electrons. The minimum absolute atomic E-state index is 0.192. The maximum atomic E-state index is 12.8. The van der Waals surface area contributed by atoms with Crippen molar-refractivity contribution in [3.63, 3.8) is 0 Å². The van der Waals surface area contributed by atoms with Crippen molar-refractivity contribution in [3.8, 4) is 28.0 Å². The fraction of sp³-hybridized carbons (Fsp3) is 0.115. The normalized spacial score (nSPS) is 10.8. The molecule has 1 N–H and O–H groups in total. The lowest BCUT2D eigenvalue weighted by atomic mass is 10.2. The van der Waals surface area contributed by atoms with E-state index in [1.165, 1.54) is 11.3 Å². The van der Waals surface area contributed by atoms with Crippen molar-refractivity contribution in [1.29, 1.82) is 0 Å². The number of rotatable bonds is 6. The van der Waals surface area contributed by atoms with Crippen molar-refractivity contribution in [2.45, 2.75) is 20.8 Å². The van der Waals surface area contributed by atoms with Crippen LogP contribution in [0.4, 0.5) is 5.69 Å². The van der Waals surface area contributed by atoms with Gasteiger partial charge >= 0.3 is 0 Å². The van der Waals surface area contributed by atoms with Crippen molar-refractivity contribution in [2.75, 3.05) is 5.32 Å². The lowest BCUT2D eigenvalue weighted by Crippen LogP contribution is -2.11. The first-order valence-electron chi connectivity index (χ1n) is 10.9. The van der Waals surface area contributed by atoms with Gasteiger partial charge in [0.15, 0.2) is 5.82 Å². The molecule has 0 aliphatic carbocycles. The number of ether oxygens (including phenoxy) is 1. The standard InChI is InChI=1S/C26H22N6O2S/c1-16-18(3)32(15-27-16)22-13-14-23(31-30-22)34-21-11-9-20(10-12-21)29-25(33)24-17(2)28-26(35-24)19-7-5-4-6-8-19/h4-15H,1-3H3,(H,29,33). The van der Waals surface area contributed by atoms with Gasteiger partial charge in [-0.05, 0) is 51.1 Å². The third kappa shape index (κ3) is 4.80. The zero-order chi connectivity index (χ0) is 24.4. The van der Waals surface area contributed by atoms with Gasteiger partial charge in [-0.1, -0.05) is 30.3 Å². The summed E-state index contributed by atoms with van der Waals surface area (Å²) < 4.78 is 7.67. The molecule has 1 amide bonds. The second kappa shape index (κ2) is 9.47. The van der Waals surface area contributed by atoms with Crippen LogP contribution in [0.15, 0.2) is 73.1 Å². The van der Waals surface area contributed by atoms with Gasteiger partial charge in [0.1, 0.15) is 22.0 Å². The molecule has 0 radical (unpaired) electrons. The Hall–Kier alpha value is -4.37. The number of aromatic nitrogens is 5. The minimum atomic E-state index is -0.192. The number of anilines is 1. The molecule has 0 fully saturated rings. The highest BCUT2D eigenvalue weighted by atomic mass is 32.1. The zero-order valence-corrected chi connectivity index (χ0v) is 20.2. The minimum Gasteiger partial charge on any atom is -0.438 e. The second-order valence-electron chi connectivity index (χ2n) is 7.90. The van der Waals surface area contributed by atoms with Gasteiger partial charge in [-0.15, -0.1) is 21.5 Å². The van der Waals surface area contributed by atoms with E-state index in [0.717, 1.165) is 22.0 Å². The van der Waals surface area contributed by atoms with Crippen LogP contribution in [0.3, 0.4) is 0 Å². The van der Waals surface area contributed by atoms with Crippen molar-refractivity contribution >= 4 is 22.9 Å². The van der Waals surface area contributed by atoms with Crippen LogP contribution in [0, 0.1) is 20.8 Å². The smallest absolute Gasteiger partial charge is 0.267 e. The number of nitrogens with one attached hydrogen (secondary N) is 1. The fourth-order valence-electron chi connectivity index (χ4n) is 3.45. The van der Waals surface area contributed by atoms with Gasteiger partial charge in [0.05, 0.1) is 11.4 Å². The van der Waals surface area contributed by atoms with Gasteiger partial charge in [0.25, 0.3) is 5.91 Å². The number of thiazole rings is 1. The number of carbonyl (C=O) groups is 1. The molecule has 9 heteroatoms. The Labute approximate surface area is 206 Å². The Balaban J connectivity index is 1.24. The van der Waals surface area contributed by atoms with E-state index in [1.54, 1.807) is 36.7 Å². The fourth-order valence-corrected chi connectivity index (χ4v) is 4.42. The molecule has 35 heavy (non-hydrogen) atoms. The molecule has 0 atom stereocenters. The predicted octanol–water partition coefficient (Wildman–Crippen LogP) is 5.76. The van der Waals surface area contributed by atoms with E-state index < -0.39 is 0 Å². The van der Waals surface area contributed by atoms with E-state index in [4.69, 9.17) is 4.74 Å². The van der Waals surface area contributed by atoms with Gasteiger partial charge in [-0.25, -0.2) is 9.97 Å². The van der Waals surface area contributed by atoms with Crippen molar-refractivity contribution in [3.05, 3.63) is 95.0 Å². The van der Waals surface area contributed by atoms with Crippen LogP contribution < -0.4 is 10.1 Å². The largest absolute Gasteiger partial charge is 0.438 e. The lowest BCUT2D eigenvalue weighted by Gasteiger charge is -2.08. The summed E-state index contributed by atoms with van der Waals surface area (Å²) in [6.07, 6.45) is 1.72. The highest BCUT2D eigenvalue weighted by molar-refractivity contribution is 7.17. The summed E-state index contributed by atoms with van der Waals surface area (Å²) in [5.41, 5.74) is 4.31. The molecular formula is C26H22N6O2S. The number of nitrogens with zero attached hydrogens (tertiary/aromatic N) is 5. The third-order valence-corrected chi connectivity index (χ3v) is 6.69. The molecule has 0 saturated heterocycles. The third-order valence-electron chi connectivity index (χ3n) is 5.48. The summed E-state index contributed by atoms with van der Waals surface area (Å²) in [6.45, 7) is 5.77. The van der Waals surface area contributed by atoms with Crippen LogP contribution in [0.25, 0.3) is 16.4 Å². The Morgan fingerprint density at radius 2 is 1.69 bits per heavy atom. The average Bonchev–Trinajstić information content (AvgIpc) is 3.43. The molecule has 8 nitrogen and oxygen atoms in total. The van der Waals surface area contributed by atoms with E-state index in [1.807, 2.05) is 61.7 Å². The Morgan fingerprint density at radius 1 is 0.914 bits per heavy atom. The highest BCUT2D eigenvalue weighted by Crippen LogP contribution is 2.29. The first-order chi connectivity index (χ1) is 17.0. The molecule has 0 unspecified atom stereocenters. The lowest BCUT2D eigenvalue weighted by molar-refractivity contribution is 0.103. The number of carbonyl (C=O) groups excluding carboxylic acids is 1. The molecule has 2 aromatic carbocycles. The van der Waals surface area contributed by atoms with Gasteiger partial charge in [0, 0.05) is 23.0 Å². The van der Waals surface area contributed by atoms with Crippen LogP contribution in [-0.4, -0.2) is 30.6 Å². The SMILES string of the molecule is Cc1nc(-c2ccccc2)sc1C(=O)Nc1ccc(Oc2ccc(-n3cnc(C)c3C)nn2)cc1. The van der Waals surface area contributed by atoms with E-state index in [0.29, 0.717) is 33.7 Å². The molecule has 5 rings (SSSR count). The molecule has 0 aliphatic heterocycles. The van der Waals surface area contributed by atoms with Crippen molar-refractivity contribution < 1.29 is 9.53 Å². The van der Waals surface area contributed by atoms with Gasteiger partial charge < -0.3 is 10.1 Å². The summed E-state index contributed by atoms with van der Waals surface area (Å²) >= 11 is 1.38. The number of hydrogen-bond donors (Lipinski definition) is 1. The summed E-state index contributed by atoms with van der Waals surface area (Å²) in [4.78, 5) is 22.3. The van der Waals surface area contributed by atoms with Gasteiger partial charge in [-0.3, -0.25) is 9.36 Å². The Bertz CT molecular complexity index is 1480. The molecule has 3 heterocycles. The number of benzene rings is 2. The van der Waals surface area contributed by atoms with Crippen LogP contribution >= 0.6 is 11.3 Å². The average molecular weight is 483 g/mol. The zero-order valence-electron chi connectivity index (χ0n) is 19.4. The van der Waals surface area contributed by atoms with Crippen LogP contribution in [0.2, 0.25) is 0 Å². The topological polar surface area (TPSA) is 94.8 Å². The highest BCUT2D eigenvalue weighted by Gasteiger charge is 2.16. The second-order valence-corrected chi connectivity index (χ2v) is 8.89. The molecule has 0 bridgehead atoms. The number of aryl methyl sites for hydroxylation is 2. The maximum Gasteiger partial charge on any atom is 0.267 e. The van der Waals surface area contributed by atoms with Gasteiger partial charge in [0.2, 0.25) is 5.88 Å². The van der Waals surface area contributed by atoms with Crippen molar-refractivity contribution in [1.82, 2.24) is 24.7 Å². The first-order valence-corrected chi connectivity index (χ1v) is 11.8. The quantitative estimate of drug-likeness (QED) is 0.331. The molecular weight excluding hydrogens is 460 g/mol. The maximum absolute atomic E-state index is 12.8. The van der Waals surface area contributed by atoms with Crippen LogP contribution in [0.1, 0.15) is 26.8 Å². The number of imidazole rings is 1. The van der Waals surface area contributed by atoms with Crippen LogP contribution in [0.5, 0.6) is 11.6 Å². The van der Waals surface area contributed by atoms with Crippen LogP contribution in [-0.2, 0) is 0 Å². The van der Waals surface area contributed by atoms with Gasteiger partial charge in [-0.2, -0.15) is 0 Å². The first kappa shape index (κ1) is 22.4. The summed E-state index contributed by atoms with van der Waals surface area (Å²) in [7, 11) is 0. The number of amides is 1. The molecule has 3 aromatic heterocycles. The van der Waals surface area contributed by atoms with E-state index in [-0.39, 0.29) is 5.91 Å². The van der Waals surface area contributed by atoms with E-state index in [2.05, 4.69) is 25.5 Å². The number of hydrogen-bond acceptors (Lipinski definition) is 7. The Kier molecular flexibility index (Phi) is 6.07.